The number of hydrogen-bond acceptors (Lipinski definition) is 6. The van der Waals surface area contributed by atoms with Gasteiger partial charge in [0.25, 0.3) is 0 Å². The van der Waals surface area contributed by atoms with Crippen molar-refractivity contribution in [3.05, 3.63) is 12.7 Å². The van der Waals surface area contributed by atoms with E-state index in [0.717, 1.165) is 0 Å². The van der Waals surface area contributed by atoms with Crippen molar-refractivity contribution < 1.29 is 29.0 Å². The fraction of sp³-hybridized carbons (Fsp3) is 0.773. The molecule has 0 radical (unpaired) electrons. The van der Waals surface area contributed by atoms with Gasteiger partial charge in [-0.2, -0.15) is 0 Å². The van der Waals surface area contributed by atoms with Crippen LogP contribution in [0, 0.1) is 11.8 Å². The third-order valence-corrected chi connectivity index (χ3v) is 7.49. The zero-order valence-corrected chi connectivity index (χ0v) is 20.4. The number of nitrogens with zero attached hydrogens (tertiary/aromatic N) is 2. The number of aliphatic hydroxyl groups excluding tert-OH is 1. The molecular weight excluding hydrogens is 468 g/mol. The molecule has 0 saturated carbocycles. The molecule has 9 heteroatoms. The third-order valence-electron chi connectivity index (χ3n) is 6.65. The van der Waals surface area contributed by atoms with E-state index in [0.29, 0.717) is 13.0 Å². The summed E-state index contributed by atoms with van der Waals surface area (Å²) >= 11 is 3.61. The summed E-state index contributed by atoms with van der Waals surface area (Å²) in [5.41, 5.74) is -1.68. The van der Waals surface area contributed by atoms with Crippen molar-refractivity contribution in [2.45, 2.75) is 75.2 Å². The van der Waals surface area contributed by atoms with E-state index >= 15 is 0 Å². The highest BCUT2D eigenvalue weighted by molar-refractivity contribution is 9.09. The molecule has 3 fully saturated rings. The van der Waals surface area contributed by atoms with E-state index in [9.17, 15) is 19.5 Å². The molecule has 3 unspecified atom stereocenters. The van der Waals surface area contributed by atoms with Crippen molar-refractivity contribution in [2.24, 2.45) is 11.8 Å². The molecule has 1 N–H and O–H groups in total. The smallest absolute Gasteiger partial charge is 0.312 e. The molecule has 0 aromatic carbocycles. The molecule has 0 aliphatic carbocycles. The molecule has 2 bridgehead atoms. The molecule has 0 aromatic heterocycles. The lowest BCUT2D eigenvalue weighted by molar-refractivity contribution is -0.156. The van der Waals surface area contributed by atoms with Crippen LogP contribution < -0.4 is 0 Å². The topological polar surface area (TPSA) is 96.4 Å². The Balaban J connectivity index is 2.13. The van der Waals surface area contributed by atoms with Crippen LogP contribution in [0.4, 0.5) is 0 Å². The Morgan fingerprint density at radius 1 is 1.48 bits per heavy atom. The van der Waals surface area contributed by atoms with Gasteiger partial charge in [0.15, 0.2) is 0 Å². The van der Waals surface area contributed by atoms with Crippen LogP contribution in [0.3, 0.4) is 0 Å². The Hall–Kier alpha value is -1.45. The van der Waals surface area contributed by atoms with Gasteiger partial charge in [0.2, 0.25) is 11.8 Å². The van der Waals surface area contributed by atoms with E-state index in [1.54, 1.807) is 24.8 Å². The Morgan fingerprint density at radius 2 is 2.13 bits per heavy atom. The summed E-state index contributed by atoms with van der Waals surface area (Å²) in [6.07, 6.45) is 1.52. The summed E-state index contributed by atoms with van der Waals surface area (Å²) in [5, 5.41) is 9.88. The molecular formula is C22H33BrN2O6. The molecule has 8 nitrogen and oxygen atoms in total. The SMILES string of the molecule is C=CCN(C(=O)C1N([C@H](C)CO)C(=O)[C@@H]2[C@@H](C(=O)OCC)[C@@H]3OC12CC3Br)C(C)(C)C. The Bertz CT molecular complexity index is 768. The number of carbonyl (C=O) groups excluding carboxylic acids is 3. The average molecular weight is 501 g/mol. The molecule has 7 atom stereocenters. The first-order valence-corrected chi connectivity index (χ1v) is 11.7. The quantitative estimate of drug-likeness (QED) is 0.323. The average Bonchev–Trinajstić information content (AvgIpc) is 3.27. The van der Waals surface area contributed by atoms with Crippen molar-refractivity contribution in [3.8, 4) is 0 Å². The highest BCUT2D eigenvalue weighted by atomic mass is 79.9. The summed E-state index contributed by atoms with van der Waals surface area (Å²) in [6, 6.07) is -1.55. The molecule has 31 heavy (non-hydrogen) atoms. The fourth-order valence-electron chi connectivity index (χ4n) is 5.39. The van der Waals surface area contributed by atoms with E-state index < -0.39 is 47.1 Å². The summed E-state index contributed by atoms with van der Waals surface area (Å²) in [5.74, 6) is -2.71. The second-order valence-corrected chi connectivity index (χ2v) is 10.8. The number of rotatable bonds is 7. The van der Waals surface area contributed by atoms with Gasteiger partial charge in [-0.15, -0.1) is 6.58 Å². The summed E-state index contributed by atoms with van der Waals surface area (Å²) < 4.78 is 11.7. The van der Waals surface area contributed by atoms with Gasteiger partial charge >= 0.3 is 5.97 Å². The van der Waals surface area contributed by atoms with Crippen molar-refractivity contribution in [3.63, 3.8) is 0 Å². The van der Waals surface area contributed by atoms with Gasteiger partial charge in [0.05, 0.1) is 37.2 Å². The highest BCUT2D eigenvalue weighted by Gasteiger charge is 2.77. The summed E-state index contributed by atoms with van der Waals surface area (Å²) in [4.78, 5) is 43.4. The molecule has 3 aliphatic rings. The number of carbonyl (C=O) groups is 3. The third kappa shape index (κ3) is 3.62. The largest absolute Gasteiger partial charge is 0.466 e. The van der Waals surface area contributed by atoms with E-state index in [2.05, 4.69) is 22.5 Å². The predicted octanol–water partition coefficient (Wildman–Crippen LogP) is 1.49. The number of halogens is 1. The van der Waals surface area contributed by atoms with Crippen LogP contribution in [0.5, 0.6) is 0 Å². The zero-order valence-electron chi connectivity index (χ0n) is 18.8. The second kappa shape index (κ2) is 8.48. The van der Waals surface area contributed by atoms with Gasteiger partial charge in [0, 0.05) is 16.9 Å². The van der Waals surface area contributed by atoms with Crippen molar-refractivity contribution in [1.82, 2.24) is 9.80 Å². The maximum atomic E-state index is 14.0. The summed E-state index contributed by atoms with van der Waals surface area (Å²) in [7, 11) is 0. The minimum absolute atomic E-state index is 0.187. The molecule has 1 spiro atoms. The lowest BCUT2D eigenvalue weighted by Crippen LogP contribution is -2.61. The van der Waals surface area contributed by atoms with Crippen LogP contribution in [0.15, 0.2) is 12.7 Å². The minimum Gasteiger partial charge on any atom is -0.466 e. The van der Waals surface area contributed by atoms with Crippen LogP contribution in [0.25, 0.3) is 0 Å². The normalized spacial score (nSPS) is 35.1. The van der Waals surface area contributed by atoms with Crippen molar-refractivity contribution in [1.29, 1.82) is 0 Å². The number of hydrogen-bond donors (Lipinski definition) is 1. The Labute approximate surface area is 192 Å². The number of fused-ring (bicyclic) bond motifs is 1. The van der Waals surface area contributed by atoms with Gasteiger partial charge in [-0.3, -0.25) is 14.4 Å². The first-order chi connectivity index (χ1) is 14.5. The number of ether oxygens (including phenoxy) is 2. The number of alkyl halides is 1. The van der Waals surface area contributed by atoms with E-state index in [1.165, 1.54) is 4.90 Å². The number of amides is 2. The lowest BCUT2D eigenvalue weighted by Gasteiger charge is -2.43. The maximum absolute atomic E-state index is 14.0. The number of esters is 1. The van der Waals surface area contributed by atoms with Crippen molar-refractivity contribution >= 4 is 33.7 Å². The molecule has 3 heterocycles. The fourth-order valence-corrected chi connectivity index (χ4v) is 6.33. The molecule has 3 saturated heterocycles. The van der Waals surface area contributed by atoms with Crippen LogP contribution >= 0.6 is 15.9 Å². The van der Waals surface area contributed by atoms with Gasteiger partial charge in [-0.1, -0.05) is 22.0 Å². The Kier molecular flexibility index (Phi) is 6.62. The van der Waals surface area contributed by atoms with Gasteiger partial charge in [-0.05, 0) is 41.0 Å². The maximum Gasteiger partial charge on any atom is 0.312 e. The first-order valence-electron chi connectivity index (χ1n) is 10.8. The van der Waals surface area contributed by atoms with E-state index in [-0.39, 0.29) is 29.9 Å². The molecule has 0 aromatic rings. The van der Waals surface area contributed by atoms with Crippen LogP contribution in [-0.2, 0) is 23.9 Å². The van der Waals surface area contributed by atoms with Gasteiger partial charge in [-0.25, -0.2) is 0 Å². The lowest BCUT2D eigenvalue weighted by atomic mass is 9.70. The minimum atomic E-state index is -1.15. The number of aliphatic hydroxyl groups is 1. The van der Waals surface area contributed by atoms with E-state index in [4.69, 9.17) is 9.47 Å². The summed E-state index contributed by atoms with van der Waals surface area (Å²) in [6.45, 7) is 13.1. The number of likely N-dealkylation sites (tertiary alicyclic amines) is 1. The molecule has 3 aliphatic heterocycles. The second-order valence-electron chi connectivity index (χ2n) is 9.60. The van der Waals surface area contributed by atoms with Crippen LogP contribution in [0.2, 0.25) is 0 Å². The first kappa shape index (κ1) is 24.2. The highest BCUT2D eigenvalue weighted by Crippen LogP contribution is 2.60. The van der Waals surface area contributed by atoms with Crippen LogP contribution in [-0.4, -0.2) is 86.6 Å². The van der Waals surface area contributed by atoms with Gasteiger partial charge < -0.3 is 24.4 Å². The standard InChI is InChI=1S/C22H33BrN2O6/c1-7-9-24(21(4,5)6)19(28)17-22-10-13(23)16(31-22)14(20(29)30-8-2)15(22)18(27)25(17)12(3)11-26/h7,12-17,26H,1,8-11H2,2-6H3/t12-,13?,14-,15+,16-,17?,22?/m1/s1. The Morgan fingerprint density at radius 3 is 2.65 bits per heavy atom. The molecule has 174 valence electrons. The molecule has 2 amide bonds. The van der Waals surface area contributed by atoms with Crippen LogP contribution in [0.1, 0.15) is 41.0 Å². The monoisotopic (exact) mass is 500 g/mol. The molecule has 3 rings (SSSR count). The van der Waals surface area contributed by atoms with Crippen molar-refractivity contribution in [2.75, 3.05) is 19.8 Å². The zero-order chi connectivity index (χ0) is 23.3. The predicted molar refractivity (Wildman–Crippen MR) is 117 cm³/mol. The van der Waals surface area contributed by atoms with E-state index in [1.807, 2.05) is 20.8 Å². The van der Waals surface area contributed by atoms with Gasteiger partial charge in [0.1, 0.15) is 11.6 Å².